The van der Waals surface area contributed by atoms with E-state index in [-0.39, 0.29) is 33.1 Å². The summed E-state index contributed by atoms with van der Waals surface area (Å²) >= 11 is 0. The number of anilines is 2. The molecule has 2 nitrogen and oxygen atoms in total. The topological polar surface area (TPSA) is 52.0 Å². The fraction of sp³-hybridized carbons (Fsp3) is 0.0909. The molecule has 0 unspecified atom stereocenters. The van der Waals surface area contributed by atoms with Gasteiger partial charge in [-0.2, -0.15) is 12.2 Å². The van der Waals surface area contributed by atoms with Crippen LogP contribution in [0.15, 0.2) is 60.7 Å². The van der Waals surface area contributed by atoms with Gasteiger partial charge in [0.05, 0.1) is 0 Å². The van der Waals surface area contributed by atoms with E-state index in [4.69, 9.17) is 11.5 Å². The number of nitrogens with two attached hydrogens (primary N) is 2. The second-order valence-electron chi connectivity index (χ2n) is 5.16. The Kier molecular flexibility index (Phi) is 14.0. The van der Waals surface area contributed by atoms with E-state index in [1.807, 2.05) is 24.3 Å². The third kappa shape index (κ3) is 12.5. The van der Waals surface area contributed by atoms with Crippen molar-refractivity contribution in [2.45, 2.75) is 12.8 Å². The molecular formula is C22H18F4N2Ti. The maximum absolute atomic E-state index is 12.2. The average molecular weight is 434 g/mol. The monoisotopic (exact) mass is 434 g/mol. The summed E-state index contributed by atoms with van der Waals surface area (Å²) in [6.45, 7) is 0. The Morgan fingerprint density at radius 3 is 1.21 bits per heavy atom. The SMILES string of the molecule is Nc1ccc(F)[c-]c1F.Nc1ccc(F)[c-]c1F.[C-]1=CC=CC1.[C-]1=CC=CC1.[Ti+4]. The number of halogens is 4. The fourth-order valence-electron chi connectivity index (χ4n) is 1.59. The summed E-state index contributed by atoms with van der Waals surface area (Å²) in [5.41, 5.74) is 9.86. The minimum absolute atomic E-state index is 0. The second-order valence-corrected chi connectivity index (χ2v) is 5.16. The van der Waals surface area contributed by atoms with Gasteiger partial charge < -0.3 is 11.5 Å². The molecule has 0 aromatic heterocycles. The van der Waals surface area contributed by atoms with Crippen molar-refractivity contribution in [3.8, 4) is 0 Å². The predicted molar refractivity (Wildman–Crippen MR) is 102 cm³/mol. The third-order valence-corrected chi connectivity index (χ3v) is 2.96. The number of benzene rings is 2. The summed E-state index contributed by atoms with van der Waals surface area (Å²) in [5, 5.41) is 0. The van der Waals surface area contributed by atoms with E-state index in [9.17, 15) is 17.6 Å². The van der Waals surface area contributed by atoms with Crippen LogP contribution in [0.3, 0.4) is 0 Å². The molecule has 2 aromatic carbocycles. The minimum Gasteiger partial charge on any atom is -0.447 e. The Labute approximate surface area is 183 Å². The number of hydrogen-bond acceptors (Lipinski definition) is 2. The van der Waals surface area contributed by atoms with Gasteiger partial charge >= 0.3 is 21.7 Å². The molecule has 0 fully saturated rings. The summed E-state index contributed by atoms with van der Waals surface area (Å²) in [6, 6.07) is 7.98. The summed E-state index contributed by atoms with van der Waals surface area (Å²) < 4.78 is 48.3. The van der Waals surface area contributed by atoms with Crippen molar-refractivity contribution < 1.29 is 39.3 Å². The van der Waals surface area contributed by atoms with Crippen LogP contribution in [0.25, 0.3) is 0 Å². The summed E-state index contributed by atoms with van der Waals surface area (Å²) in [4.78, 5) is 0. The van der Waals surface area contributed by atoms with Crippen LogP contribution in [0.1, 0.15) is 12.8 Å². The molecule has 2 aliphatic rings. The van der Waals surface area contributed by atoms with E-state index in [1.54, 1.807) is 12.1 Å². The Balaban J connectivity index is 0.000000369. The molecule has 7 heteroatoms. The third-order valence-electron chi connectivity index (χ3n) is 2.96. The van der Waals surface area contributed by atoms with Crippen LogP contribution < -0.4 is 11.5 Å². The largest absolute Gasteiger partial charge is 4.00 e. The molecular weight excluding hydrogens is 416 g/mol. The minimum atomic E-state index is -0.838. The zero-order chi connectivity index (χ0) is 20.8. The standard InChI is InChI=1S/2C6H4F2N.2C5H5.Ti/c2*7-4-1-2-6(9)5(8)3-4;2*1-2-4-5-3-1;/h2*1-2H,9H2;2*1-3H,4H2;/q4*-1;+4. The molecule has 148 valence electrons. The van der Waals surface area contributed by atoms with Crippen molar-refractivity contribution in [1.82, 2.24) is 0 Å². The zero-order valence-corrected chi connectivity index (χ0v) is 16.9. The molecule has 0 saturated carbocycles. The molecule has 0 atom stereocenters. The van der Waals surface area contributed by atoms with E-state index in [2.05, 4.69) is 24.3 Å². The van der Waals surface area contributed by atoms with Crippen LogP contribution in [-0.2, 0) is 21.7 Å². The fourth-order valence-corrected chi connectivity index (χ4v) is 1.59. The van der Waals surface area contributed by atoms with Crippen LogP contribution in [0, 0.1) is 47.6 Å². The van der Waals surface area contributed by atoms with E-state index in [0.29, 0.717) is 0 Å². The Bertz CT molecular complexity index is 770. The maximum atomic E-state index is 12.2. The normalized spacial score (nSPS) is 12.0. The van der Waals surface area contributed by atoms with Gasteiger partial charge in [-0.25, -0.2) is 41.9 Å². The van der Waals surface area contributed by atoms with Crippen molar-refractivity contribution in [3.63, 3.8) is 0 Å². The Morgan fingerprint density at radius 1 is 0.655 bits per heavy atom. The van der Waals surface area contributed by atoms with Gasteiger partial charge in [-0.1, -0.05) is 0 Å². The average Bonchev–Trinajstić information content (AvgIpc) is 3.41. The van der Waals surface area contributed by atoms with Crippen molar-refractivity contribution in [3.05, 3.63) is 108 Å². The molecule has 0 bridgehead atoms. The van der Waals surface area contributed by atoms with Gasteiger partial charge in [0.15, 0.2) is 0 Å². The van der Waals surface area contributed by atoms with Gasteiger partial charge in [-0.3, -0.25) is 12.2 Å². The van der Waals surface area contributed by atoms with Crippen LogP contribution >= 0.6 is 0 Å². The zero-order valence-electron chi connectivity index (χ0n) is 15.4. The molecule has 0 radical (unpaired) electrons. The van der Waals surface area contributed by atoms with Gasteiger partial charge in [-0.15, -0.1) is 49.2 Å². The molecule has 0 aliphatic heterocycles. The van der Waals surface area contributed by atoms with Crippen LogP contribution in [0.5, 0.6) is 0 Å². The van der Waals surface area contributed by atoms with Crippen LogP contribution in [-0.4, -0.2) is 0 Å². The summed E-state index contributed by atoms with van der Waals surface area (Å²) in [7, 11) is 0. The van der Waals surface area contributed by atoms with Gasteiger partial charge in [0.25, 0.3) is 0 Å². The molecule has 0 spiro atoms. The van der Waals surface area contributed by atoms with Crippen LogP contribution in [0.2, 0.25) is 0 Å². The first kappa shape index (κ1) is 26.4. The summed E-state index contributed by atoms with van der Waals surface area (Å²) in [5.74, 6) is -3.15. The van der Waals surface area contributed by atoms with Gasteiger partial charge in [0, 0.05) is 23.3 Å². The van der Waals surface area contributed by atoms with Gasteiger partial charge in [-0.05, 0) is 11.4 Å². The number of allylic oxidation sites excluding steroid dienone is 8. The Hall–Kier alpha value is -2.57. The molecule has 0 amide bonds. The van der Waals surface area contributed by atoms with Gasteiger partial charge in [0.1, 0.15) is 0 Å². The van der Waals surface area contributed by atoms with Crippen molar-refractivity contribution in [1.29, 1.82) is 0 Å². The molecule has 0 saturated heterocycles. The molecule has 2 aromatic rings. The smallest absolute Gasteiger partial charge is 0.447 e. The summed E-state index contributed by atoms with van der Waals surface area (Å²) in [6.07, 6.45) is 20.0. The van der Waals surface area contributed by atoms with Gasteiger partial charge in [0.2, 0.25) is 0 Å². The van der Waals surface area contributed by atoms with Crippen molar-refractivity contribution in [2.75, 3.05) is 11.5 Å². The first-order chi connectivity index (χ1) is 13.4. The maximum Gasteiger partial charge on any atom is 4.00 e. The predicted octanol–water partition coefficient (Wildman–Crippen LogP) is 5.30. The second kappa shape index (κ2) is 15.4. The number of nitrogen functional groups attached to an aromatic ring is 2. The van der Waals surface area contributed by atoms with Crippen LogP contribution in [0.4, 0.5) is 28.9 Å². The molecule has 2 aliphatic carbocycles. The quantitative estimate of drug-likeness (QED) is 0.256. The Morgan fingerprint density at radius 2 is 1.03 bits per heavy atom. The van der Waals surface area contributed by atoms with E-state index in [0.717, 1.165) is 37.1 Å². The van der Waals surface area contributed by atoms with E-state index in [1.165, 1.54) is 0 Å². The number of hydrogen-bond donors (Lipinski definition) is 2. The molecule has 4 N–H and O–H groups in total. The molecule has 0 heterocycles. The first-order valence-electron chi connectivity index (χ1n) is 8.09. The number of rotatable bonds is 0. The van der Waals surface area contributed by atoms with Crippen molar-refractivity contribution in [2.24, 2.45) is 0 Å². The molecule has 4 rings (SSSR count). The first-order valence-corrected chi connectivity index (χ1v) is 8.09. The van der Waals surface area contributed by atoms with E-state index < -0.39 is 23.3 Å². The van der Waals surface area contributed by atoms with E-state index >= 15 is 0 Å². The van der Waals surface area contributed by atoms with Crippen molar-refractivity contribution >= 4 is 11.4 Å². The molecule has 29 heavy (non-hydrogen) atoms.